The average Bonchev–Trinajstić information content (AvgIpc) is 2.54. The molecule has 1 atom stereocenters. The first-order valence-corrected chi connectivity index (χ1v) is 8.25. The van der Waals surface area contributed by atoms with Gasteiger partial charge in [0.15, 0.2) is 11.5 Å². The monoisotopic (exact) mass is 325 g/mol. The minimum atomic E-state index is -0.306. The number of methoxy groups -OCH3 is 3. The fourth-order valence-corrected chi connectivity index (χ4v) is 2.71. The number of hydrogen-bond acceptors (Lipinski definition) is 5. The zero-order valence-corrected chi connectivity index (χ0v) is 14.9. The topological polar surface area (TPSA) is 51.2 Å². The second-order valence-corrected chi connectivity index (χ2v) is 5.68. The minimum absolute atomic E-state index is 0.306. The van der Waals surface area contributed by atoms with Gasteiger partial charge in [0.05, 0.1) is 20.3 Å². The summed E-state index contributed by atoms with van der Waals surface area (Å²) in [4.78, 5) is 2.25. The van der Waals surface area contributed by atoms with Crippen LogP contribution in [0.5, 0.6) is 11.5 Å². The molecule has 1 aromatic carbocycles. The van der Waals surface area contributed by atoms with Crippen molar-refractivity contribution >= 4 is 0 Å². The van der Waals surface area contributed by atoms with Crippen LogP contribution in [0.3, 0.4) is 0 Å². The fraction of sp³-hybridized carbons (Fsp3) is 0.667. The molecule has 23 heavy (non-hydrogen) atoms. The molecular formula is C18H31NO4. The average molecular weight is 325 g/mol. The Kier molecular flexibility index (Phi) is 9.67. The molecule has 0 aliphatic heterocycles. The molecule has 1 N–H and O–H groups in total. The van der Waals surface area contributed by atoms with Gasteiger partial charge in [-0.3, -0.25) is 4.90 Å². The van der Waals surface area contributed by atoms with Gasteiger partial charge in [0.2, 0.25) is 0 Å². The smallest absolute Gasteiger partial charge is 0.165 e. The Morgan fingerprint density at radius 1 is 1.17 bits per heavy atom. The fourth-order valence-electron chi connectivity index (χ4n) is 2.71. The zero-order chi connectivity index (χ0) is 17.1. The molecule has 5 nitrogen and oxygen atoms in total. The Bertz CT molecular complexity index is 439. The highest BCUT2D eigenvalue weighted by Gasteiger charge is 2.16. The van der Waals surface area contributed by atoms with Gasteiger partial charge in [0.25, 0.3) is 0 Å². The molecule has 1 rings (SSSR count). The first-order valence-electron chi connectivity index (χ1n) is 8.25. The number of aliphatic hydroxyl groups excluding tert-OH is 1. The quantitative estimate of drug-likeness (QED) is 0.599. The second kappa shape index (κ2) is 11.3. The van der Waals surface area contributed by atoms with Crippen LogP contribution in [0.1, 0.15) is 31.7 Å². The second-order valence-electron chi connectivity index (χ2n) is 5.68. The van der Waals surface area contributed by atoms with E-state index in [2.05, 4.69) is 11.8 Å². The van der Waals surface area contributed by atoms with Crippen molar-refractivity contribution in [1.82, 2.24) is 4.90 Å². The third kappa shape index (κ3) is 6.77. The number of para-hydroxylation sites is 1. The summed E-state index contributed by atoms with van der Waals surface area (Å²) in [5, 5.41) is 10.2. The maximum Gasteiger partial charge on any atom is 0.165 e. The molecule has 0 amide bonds. The van der Waals surface area contributed by atoms with Crippen LogP contribution in [0.25, 0.3) is 0 Å². The van der Waals surface area contributed by atoms with Crippen LogP contribution < -0.4 is 9.47 Å². The molecule has 1 aromatic rings. The maximum absolute atomic E-state index is 10.2. The van der Waals surface area contributed by atoms with Gasteiger partial charge in [-0.15, -0.1) is 0 Å². The van der Waals surface area contributed by atoms with Gasteiger partial charge in [-0.25, -0.2) is 0 Å². The van der Waals surface area contributed by atoms with Crippen LogP contribution in [-0.4, -0.2) is 57.1 Å². The molecule has 0 bridgehead atoms. The SMILES string of the molecule is CCCC(O)CN(CCCOC)Cc1cccc(OC)c1OC. The molecule has 0 radical (unpaired) electrons. The molecule has 0 saturated carbocycles. The number of aliphatic hydroxyl groups is 1. The first kappa shape index (κ1) is 19.7. The van der Waals surface area contributed by atoms with Crippen LogP contribution in [0.15, 0.2) is 18.2 Å². The van der Waals surface area contributed by atoms with E-state index in [1.807, 2.05) is 18.2 Å². The van der Waals surface area contributed by atoms with Crippen LogP contribution in [-0.2, 0) is 11.3 Å². The number of rotatable bonds is 12. The lowest BCUT2D eigenvalue weighted by Gasteiger charge is -2.26. The van der Waals surface area contributed by atoms with E-state index in [4.69, 9.17) is 14.2 Å². The van der Waals surface area contributed by atoms with Crippen LogP contribution in [0, 0.1) is 0 Å². The van der Waals surface area contributed by atoms with Gasteiger partial charge in [-0.1, -0.05) is 25.5 Å². The summed E-state index contributed by atoms with van der Waals surface area (Å²) in [5.74, 6) is 1.49. The number of hydrogen-bond donors (Lipinski definition) is 1. The van der Waals surface area contributed by atoms with Crippen molar-refractivity contribution in [3.8, 4) is 11.5 Å². The van der Waals surface area contributed by atoms with Crippen molar-refractivity contribution in [3.63, 3.8) is 0 Å². The van der Waals surface area contributed by atoms with E-state index in [0.29, 0.717) is 13.1 Å². The summed E-state index contributed by atoms with van der Waals surface area (Å²) in [6.45, 7) is 5.04. The standard InChI is InChI=1S/C18H31NO4/c1-5-8-16(20)14-19(11-7-12-21-2)13-15-9-6-10-17(22-3)18(15)23-4/h6,9-10,16,20H,5,7-8,11-14H2,1-4H3. The van der Waals surface area contributed by atoms with Crippen molar-refractivity contribution in [3.05, 3.63) is 23.8 Å². The van der Waals surface area contributed by atoms with Crippen molar-refractivity contribution in [2.24, 2.45) is 0 Å². The molecular weight excluding hydrogens is 294 g/mol. The highest BCUT2D eigenvalue weighted by Crippen LogP contribution is 2.31. The molecule has 0 fully saturated rings. The van der Waals surface area contributed by atoms with E-state index < -0.39 is 0 Å². The van der Waals surface area contributed by atoms with Crippen molar-refractivity contribution in [2.75, 3.05) is 41.0 Å². The predicted molar refractivity (Wildman–Crippen MR) is 92.2 cm³/mol. The molecule has 0 heterocycles. The minimum Gasteiger partial charge on any atom is -0.493 e. The molecule has 0 aliphatic rings. The van der Waals surface area contributed by atoms with Crippen LogP contribution >= 0.6 is 0 Å². The number of nitrogens with zero attached hydrogens (tertiary/aromatic N) is 1. The molecule has 1 unspecified atom stereocenters. The van der Waals surface area contributed by atoms with Gasteiger partial charge in [-0.05, 0) is 18.9 Å². The number of ether oxygens (including phenoxy) is 3. The summed E-state index contributed by atoms with van der Waals surface area (Å²) in [6, 6.07) is 5.90. The van der Waals surface area contributed by atoms with E-state index in [9.17, 15) is 5.11 Å². The third-order valence-electron chi connectivity index (χ3n) is 3.79. The van der Waals surface area contributed by atoms with E-state index >= 15 is 0 Å². The molecule has 0 spiro atoms. The number of benzene rings is 1. The Morgan fingerprint density at radius 3 is 2.57 bits per heavy atom. The Morgan fingerprint density at radius 2 is 1.96 bits per heavy atom. The molecule has 0 aromatic heterocycles. The van der Waals surface area contributed by atoms with Gasteiger partial charge in [0, 0.05) is 38.9 Å². The van der Waals surface area contributed by atoms with Crippen LogP contribution in [0.2, 0.25) is 0 Å². The van der Waals surface area contributed by atoms with E-state index in [-0.39, 0.29) is 6.10 Å². The van der Waals surface area contributed by atoms with Crippen molar-refractivity contribution < 1.29 is 19.3 Å². The summed E-state index contributed by atoms with van der Waals surface area (Å²) >= 11 is 0. The summed E-state index contributed by atoms with van der Waals surface area (Å²) in [5.41, 5.74) is 1.06. The largest absolute Gasteiger partial charge is 0.493 e. The Balaban J connectivity index is 2.82. The zero-order valence-electron chi connectivity index (χ0n) is 14.9. The van der Waals surface area contributed by atoms with Crippen molar-refractivity contribution in [1.29, 1.82) is 0 Å². The van der Waals surface area contributed by atoms with Crippen LogP contribution in [0.4, 0.5) is 0 Å². The summed E-state index contributed by atoms with van der Waals surface area (Å²) in [6.07, 6.45) is 2.42. The lowest BCUT2D eigenvalue weighted by Crippen LogP contribution is -2.33. The lowest BCUT2D eigenvalue weighted by atomic mass is 10.1. The third-order valence-corrected chi connectivity index (χ3v) is 3.79. The molecule has 5 heteroatoms. The van der Waals surface area contributed by atoms with E-state index in [0.717, 1.165) is 49.5 Å². The highest BCUT2D eigenvalue weighted by atomic mass is 16.5. The van der Waals surface area contributed by atoms with E-state index in [1.54, 1.807) is 21.3 Å². The maximum atomic E-state index is 10.2. The highest BCUT2D eigenvalue weighted by molar-refractivity contribution is 5.46. The Labute approximate surface area is 140 Å². The van der Waals surface area contributed by atoms with Gasteiger partial charge >= 0.3 is 0 Å². The van der Waals surface area contributed by atoms with Crippen molar-refractivity contribution in [2.45, 2.75) is 38.8 Å². The Hall–Kier alpha value is -1.30. The molecule has 0 aliphatic carbocycles. The molecule has 0 saturated heterocycles. The predicted octanol–water partition coefficient (Wildman–Crippen LogP) is 2.70. The summed E-state index contributed by atoms with van der Waals surface area (Å²) < 4.78 is 16.0. The molecule has 132 valence electrons. The first-order chi connectivity index (χ1) is 11.2. The van der Waals surface area contributed by atoms with Gasteiger partial charge < -0.3 is 19.3 Å². The lowest BCUT2D eigenvalue weighted by molar-refractivity contribution is 0.0925. The van der Waals surface area contributed by atoms with E-state index in [1.165, 1.54) is 0 Å². The van der Waals surface area contributed by atoms with Gasteiger partial charge in [-0.2, -0.15) is 0 Å². The normalized spacial score (nSPS) is 12.4. The summed E-state index contributed by atoms with van der Waals surface area (Å²) in [7, 11) is 5.01. The van der Waals surface area contributed by atoms with Gasteiger partial charge in [0.1, 0.15) is 0 Å².